The topological polar surface area (TPSA) is 88.6 Å². The monoisotopic (exact) mass is 407 g/mol. The summed E-state index contributed by atoms with van der Waals surface area (Å²) < 4.78 is 48.8. The Morgan fingerprint density at radius 2 is 1.93 bits per heavy atom. The summed E-state index contributed by atoms with van der Waals surface area (Å²) in [5, 5.41) is 6.09. The Morgan fingerprint density at radius 3 is 2.59 bits per heavy atom. The van der Waals surface area contributed by atoms with Crippen molar-refractivity contribution in [2.75, 3.05) is 18.9 Å². The fourth-order valence-corrected chi connectivity index (χ4v) is 2.54. The number of likely N-dealkylation sites (N-methyl/N-ethyl adjacent to an activating group) is 1. The first-order valence-corrected chi connectivity index (χ1v) is 8.39. The molecule has 3 aromatic rings. The molecule has 0 atom stereocenters. The van der Waals surface area contributed by atoms with Gasteiger partial charge < -0.3 is 19.2 Å². The maximum Gasteiger partial charge on any atom is 0.416 e. The van der Waals surface area contributed by atoms with Crippen LogP contribution in [0, 0.1) is 6.92 Å². The summed E-state index contributed by atoms with van der Waals surface area (Å²) in [4.78, 5) is 25.6. The molecule has 7 nitrogen and oxygen atoms in total. The molecule has 2 aromatic heterocycles. The summed E-state index contributed by atoms with van der Waals surface area (Å²) >= 11 is 0. The molecular weight excluding hydrogens is 391 g/mol. The van der Waals surface area contributed by atoms with Crippen LogP contribution < -0.4 is 5.32 Å². The van der Waals surface area contributed by atoms with Crippen molar-refractivity contribution in [1.82, 2.24) is 10.1 Å². The van der Waals surface area contributed by atoms with Crippen molar-refractivity contribution in [2.45, 2.75) is 13.1 Å². The highest BCUT2D eigenvalue weighted by Crippen LogP contribution is 2.32. The molecule has 152 valence electrons. The Hall–Kier alpha value is -3.56. The predicted molar refractivity (Wildman–Crippen MR) is 96.0 cm³/mol. The molecule has 0 fully saturated rings. The van der Waals surface area contributed by atoms with E-state index in [0.29, 0.717) is 5.76 Å². The van der Waals surface area contributed by atoms with Gasteiger partial charge in [-0.05, 0) is 31.2 Å². The Labute approximate surface area is 163 Å². The number of hydrogen-bond donors (Lipinski definition) is 1. The minimum atomic E-state index is -4.49. The maximum atomic E-state index is 12.9. The summed E-state index contributed by atoms with van der Waals surface area (Å²) in [6, 6.07) is 8.84. The first kappa shape index (κ1) is 20.2. The van der Waals surface area contributed by atoms with Gasteiger partial charge in [0.05, 0.1) is 5.56 Å². The van der Waals surface area contributed by atoms with Gasteiger partial charge in [-0.2, -0.15) is 13.2 Å². The average molecular weight is 407 g/mol. The fourth-order valence-electron chi connectivity index (χ4n) is 2.54. The van der Waals surface area contributed by atoms with Gasteiger partial charge in [-0.3, -0.25) is 9.59 Å². The van der Waals surface area contributed by atoms with E-state index in [9.17, 15) is 22.8 Å². The van der Waals surface area contributed by atoms with Gasteiger partial charge in [-0.25, -0.2) is 0 Å². The lowest BCUT2D eigenvalue weighted by Gasteiger charge is -2.14. The van der Waals surface area contributed by atoms with E-state index in [2.05, 4.69) is 10.5 Å². The van der Waals surface area contributed by atoms with Crippen LogP contribution in [0.25, 0.3) is 11.3 Å². The van der Waals surface area contributed by atoms with Crippen LogP contribution in [0.1, 0.15) is 21.9 Å². The molecule has 2 amide bonds. The van der Waals surface area contributed by atoms with Crippen LogP contribution in [0.5, 0.6) is 0 Å². The summed E-state index contributed by atoms with van der Waals surface area (Å²) in [6.45, 7) is 1.38. The number of aryl methyl sites for hydroxylation is 1. The molecule has 10 heteroatoms. The number of alkyl halides is 3. The van der Waals surface area contributed by atoms with Crippen LogP contribution >= 0.6 is 0 Å². The van der Waals surface area contributed by atoms with E-state index < -0.39 is 23.6 Å². The number of anilines is 1. The fraction of sp³-hybridized carbons (Fsp3) is 0.211. The lowest BCUT2D eigenvalue weighted by atomic mass is 10.1. The summed E-state index contributed by atoms with van der Waals surface area (Å²) in [7, 11) is 1.39. The van der Waals surface area contributed by atoms with Gasteiger partial charge in [0.1, 0.15) is 18.1 Å². The smallest absolute Gasteiger partial charge is 0.416 e. The second kappa shape index (κ2) is 7.82. The van der Waals surface area contributed by atoms with Crippen molar-refractivity contribution in [3.8, 4) is 11.3 Å². The molecule has 0 radical (unpaired) electrons. The lowest BCUT2D eigenvalue weighted by molar-refractivity contribution is -0.137. The first-order valence-electron chi connectivity index (χ1n) is 8.39. The minimum Gasteiger partial charge on any atom is -0.451 e. The van der Waals surface area contributed by atoms with Gasteiger partial charge in [0.25, 0.3) is 5.91 Å². The van der Waals surface area contributed by atoms with Crippen molar-refractivity contribution >= 4 is 17.6 Å². The second-order valence-corrected chi connectivity index (χ2v) is 6.27. The van der Waals surface area contributed by atoms with E-state index >= 15 is 0 Å². The molecule has 1 N–H and O–H groups in total. The first-order chi connectivity index (χ1) is 13.6. The quantitative estimate of drug-likeness (QED) is 0.691. The zero-order valence-corrected chi connectivity index (χ0v) is 15.4. The summed E-state index contributed by atoms with van der Waals surface area (Å²) in [6.07, 6.45) is -4.49. The van der Waals surface area contributed by atoms with Gasteiger partial charge in [-0.15, -0.1) is 0 Å². The maximum absolute atomic E-state index is 12.9. The predicted octanol–water partition coefficient (Wildman–Crippen LogP) is 3.97. The molecule has 0 saturated heterocycles. The van der Waals surface area contributed by atoms with Crippen LogP contribution in [0.4, 0.5) is 19.0 Å². The Bertz CT molecular complexity index is 1040. The number of carbonyl (C=O) groups excluding carboxylic acids is 2. The number of furan rings is 1. The minimum absolute atomic E-state index is 0.106. The number of hydrogen-bond acceptors (Lipinski definition) is 5. The third kappa shape index (κ3) is 4.84. The molecule has 0 aliphatic rings. The Morgan fingerprint density at radius 1 is 1.17 bits per heavy atom. The Balaban J connectivity index is 1.68. The number of nitrogens with one attached hydrogen (secondary N) is 1. The summed E-state index contributed by atoms with van der Waals surface area (Å²) in [5.74, 6) is -0.366. The number of nitrogens with zero attached hydrogens (tertiary/aromatic N) is 2. The molecule has 1 aromatic carbocycles. The van der Waals surface area contributed by atoms with Gasteiger partial charge in [0.15, 0.2) is 11.6 Å². The molecule has 3 rings (SSSR count). The third-order valence-corrected chi connectivity index (χ3v) is 3.91. The number of carbonyl (C=O) groups is 2. The largest absolute Gasteiger partial charge is 0.451 e. The van der Waals surface area contributed by atoms with E-state index in [1.165, 1.54) is 37.4 Å². The zero-order valence-electron chi connectivity index (χ0n) is 15.4. The molecule has 0 bridgehead atoms. The molecule has 0 spiro atoms. The lowest BCUT2D eigenvalue weighted by Crippen LogP contribution is -2.34. The molecule has 0 aliphatic heterocycles. The highest BCUT2D eigenvalue weighted by Gasteiger charge is 2.30. The van der Waals surface area contributed by atoms with Crippen molar-refractivity contribution in [3.05, 3.63) is 59.5 Å². The number of rotatable bonds is 5. The number of aromatic nitrogens is 1. The van der Waals surface area contributed by atoms with Crippen LogP contribution in [-0.4, -0.2) is 35.5 Å². The molecule has 29 heavy (non-hydrogen) atoms. The van der Waals surface area contributed by atoms with E-state index in [-0.39, 0.29) is 29.4 Å². The Kier molecular flexibility index (Phi) is 5.44. The van der Waals surface area contributed by atoms with E-state index in [1.807, 2.05) is 0 Å². The standard InChI is InChI=1S/C19H16F3N3O4/c1-11-8-16(24-29-11)23-17(26)10-25(2)18(27)15-7-6-14(28-15)12-4-3-5-13(9-12)19(20,21)22/h3-9H,10H2,1-2H3,(H,23,24,26). The van der Waals surface area contributed by atoms with Crippen molar-refractivity contribution in [1.29, 1.82) is 0 Å². The second-order valence-electron chi connectivity index (χ2n) is 6.27. The molecule has 0 aliphatic carbocycles. The van der Waals surface area contributed by atoms with Crippen molar-refractivity contribution in [3.63, 3.8) is 0 Å². The van der Waals surface area contributed by atoms with Crippen LogP contribution in [-0.2, 0) is 11.0 Å². The third-order valence-electron chi connectivity index (χ3n) is 3.91. The van der Waals surface area contributed by atoms with Gasteiger partial charge in [0.2, 0.25) is 5.91 Å². The van der Waals surface area contributed by atoms with E-state index in [4.69, 9.17) is 8.94 Å². The van der Waals surface area contributed by atoms with Crippen LogP contribution in [0.2, 0.25) is 0 Å². The van der Waals surface area contributed by atoms with E-state index in [0.717, 1.165) is 17.0 Å². The van der Waals surface area contributed by atoms with Gasteiger partial charge >= 0.3 is 6.18 Å². The molecular formula is C19H16F3N3O4. The molecule has 0 unspecified atom stereocenters. The van der Waals surface area contributed by atoms with Crippen LogP contribution in [0.15, 0.2) is 51.4 Å². The molecule has 2 heterocycles. The summed E-state index contributed by atoms with van der Waals surface area (Å²) in [5.41, 5.74) is -0.642. The van der Waals surface area contributed by atoms with Crippen molar-refractivity contribution < 1.29 is 31.7 Å². The van der Waals surface area contributed by atoms with Gasteiger partial charge in [0, 0.05) is 18.7 Å². The average Bonchev–Trinajstić information content (AvgIpc) is 3.29. The number of benzene rings is 1. The molecule has 0 saturated carbocycles. The van der Waals surface area contributed by atoms with Crippen LogP contribution in [0.3, 0.4) is 0 Å². The SMILES string of the molecule is Cc1cc(NC(=O)CN(C)C(=O)c2ccc(-c3cccc(C(F)(F)F)c3)o2)no1. The van der Waals surface area contributed by atoms with Gasteiger partial charge in [-0.1, -0.05) is 17.3 Å². The highest BCUT2D eigenvalue weighted by atomic mass is 19.4. The zero-order chi connectivity index (χ0) is 21.2. The normalized spacial score (nSPS) is 11.3. The number of amides is 2. The highest BCUT2D eigenvalue weighted by molar-refractivity contribution is 5.97. The van der Waals surface area contributed by atoms with Crippen molar-refractivity contribution in [2.24, 2.45) is 0 Å². The number of halogens is 3. The van der Waals surface area contributed by atoms with E-state index in [1.54, 1.807) is 6.92 Å².